The van der Waals surface area contributed by atoms with Crippen molar-refractivity contribution in [3.8, 4) is 0 Å². The van der Waals surface area contributed by atoms with Crippen LogP contribution in [0.15, 0.2) is 53.9 Å². The zero-order chi connectivity index (χ0) is 18.1. The summed E-state index contributed by atoms with van der Waals surface area (Å²) in [4.78, 5) is 29.0. The number of rotatable bonds is 3. The molecule has 132 valence electrons. The van der Waals surface area contributed by atoms with Gasteiger partial charge in [-0.1, -0.05) is 24.3 Å². The molecule has 0 radical (unpaired) electrons. The van der Waals surface area contributed by atoms with Crippen LogP contribution in [0.5, 0.6) is 0 Å². The monoisotopic (exact) mass is 350 g/mol. The minimum Gasteiger partial charge on any atom is -0.372 e. The number of urea groups is 1. The highest BCUT2D eigenvalue weighted by Gasteiger charge is 2.32. The molecule has 0 fully saturated rings. The molecule has 2 aromatic rings. The van der Waals surface area contributed by atoms with E-state index in [2.05, 4.69) is 20.9 Å². The maximum absolute atomic E-state index is 12.9. The predicted octanol–water partition coefficient (Wildman–Crippen LogP) is 2.38. The Labute approximate surface area is 150 Å². The first-order chi connectivity index (χ1) is 12.6. The smallest absolute Gasteiger partial charge is 0.319 e. The number of amides is 3. The van der Waals surface area contributed by atoms with E-state index in [1.165, 1.54) is 0 Å². The minimum atomic E-state index is -0.543. The van der Waals surface area contributed by atoms with Gasteiger partial charge in [-0.15, -0.1) is 0 Å². The highest BCUT2D eigenvalue weighted by atomic mass is 16.5. The molecule has 3 amide bonds. The van der Waals surface area contributed by atoms with Gasteiger partial charge in [-0.25, -0.2) is 9.78 Å². The Morgan fingerprint density at radius 2 is 2.08 bits per heavy atom. The van der Waals surface area contributed by atoms with Crippen LogP contribution in [0.4, 0.5) is 10.6 Å². The van der Waals surface area contributed by atoms with Crippen molar-refractivity contribution in [2.24, 2.45) is 0 Å². The van der Waals surface area contributed by atoms with E-state index in [-0.39, 0.29) is 11.9 Å². The molecule has 0 saturated carbocycles. The third-order valence-electron chi connectivity index (χ3n) is 4.50. The number of hydrogen-bond donors (Lipinski definition) is 3. The van der Waals surface area contributed by atoms with Crippen LogP contribution in [0.25, 0.3) is 0 Å². The second kappa shape index (κ2) is 6.61. The minimum absolute atomic E-state index is 0.310. The van der Waals surface area contributed by atoms with Crippen LogP contribution in [0.2, 0.25) is 0 Å². The Morgan fingerprint density at radius 3 is 2.88 bits per heavy atom. The third kappa shape index (κ3) is 3.04. The largest absolute Gasteiger partial charge is 0.372 e. The number of hydrogen-bond acceptors (Lipinski definition) is 4. The van der Waals surface area contributed by atoms with Crippen molar-refractivity contribution < 1.29 is 14.3 Å². The second-order valence-corrected chi connectivity index (χ2v) is 6.26. The summed E-state index contributed by atoms with van der Waals surface area (Å²) in [6.07, 6.45) is 1.61. The molecule has 0 bridgehead atoms. The van der Waals surface area contributed by atoms with Crippen molar-refractivity contribution in [1.29, 1.82) is 0 Å². The number of nitrogens with one attached hydrogen (secondary N) is 3. The maximum atomic E-state index is 12.9. The number of allylic oxidation sites excluding steroid dienone is 1. The topological polar surface area (TPSA) is 92.3 Å². The van der Waals surface area contributed by atoms with Crippen LogP contribution < -0.4 is 16.0 Å². The summed E-state index contributed by atoms with van der Waals surface area (Å²) in [6.45, 7) is 2.85. The highest BCUT2D eigenvalue weighted by molar-refractivity contribution is 6.06. The van der Waals surface area contributed by atoms with Crippen LogP contribution >= 0.6 is 0 Å². The third-order valence-corrected chi connectivity index (χ3v) is 4.50. The number of carbonyl (C=O) groups is 2. The van der Waals surface area contributed by atoms with Gasteiger partial charge in [0.2, 0.25) is 0 Å². The molecule has 0 aliphatic carbocycles. The number of carbonyl (C=O) groups excluding carboxylic acids is 2. The Morgan fingerprint density at radius 1 is 1.23 bits per heavy atom. The number of pyridine rings is 1. The molecule has 1 aromatic carbocycles. The number of fused-ring (bicyclic) bond motifs is 1. The summed E-state index contributed by atoms with van der Waals surface area (Å²) in [5.41, 5.74) is 4.03. The molecule has 1 unspecified atom stereocenters. The van der Waals surface area contributed by atoms with Gasteiger partial charge in [0.25, 0.3) is 5.91 Å². The van der Waals surface area contributed by atoms with E-state index in [9.17, 15) is 9.59 Å². The molecule has 2 aliphatic rings. The van der Waals surface area contributed by atoms with Crippen molar-refractivity contribution in [2.75, 3.05) is 5.32 Å². The van der Waals surface area contributed by atoms with Gasteiger partial charge < -0.3 is 20.7 Å². The molecule has 2 aliphatic heterocycles. The summed E-state index contributed by atoms with van der Waals surface area (Å²) in [6, 6.07) is 10.3. The maximum Gasteiger partial charge on any atom is 0.319 e. The van der Waals surface area contributed by atoms with E-state index < -0.39 is 6.04 Å². The van der Waals surface area contributed by atoms with Crippen LogP contribution in [0.1, 0.15) is 29.7 Å². The Kier molecular flexibility index (Phi) is 4.14. The van der Waals surface area contributed by atoms with Crippen LogP contribution in [0.3, 0.4) is 0 Å². The molecule has 0 saturated heterocycles. The predicted molar refractivity (Wildman–Crippen MR) is 94.9 cm³/mol. The van der Waals surface area contributed by atoms with Gasteiger partial charge in [-0.3, -0.25) is 4.79 Å². The molecular formula is C19H18N4O3. The Balaban J connectivity index is 1.68. The first kappa shape index (κ1) is 16.3. The number of nitrogens with zero attached hydrogens (tertiary/aromatic N) is 1. The van der Waals surface area contributed by atoms with Gasteiger partial charge in [0, 0.05) is 11.9 Å². The van der Waals surface area contributed by atoms with Crippen molar-refractivity contribution in [1.82, 2.24) is 15.6 Å². The summed E-state index contributed by atoms with van der Waals surface area (Å²) in [5, 5.41) is 8.30. The second-order valence-electron chi connectivity index (χ2n) is 6.26. The van der Waals surface area contributed by atoms with E-state index in [4.69, 9.17) is 4.74 Å². The fraction of sp³-hybridized carbons (Fsp3) is 0.211. The average molecular weight is 350 g/mol. The fourth-order valence-electron chi connectivity index (χ4n) is 3.24. The van der Waals surface area contributed by atoms with Crippen LogP contribution in [-0.4, -0.2) is 16.9 Å². The molecule has 3 heterocycles. The number of benzene rings is 1. The van der Waals surface area contributed by atoms with E-state index in [0.29, 0.717) is 30.3 Å². The normalized spacial score (nSPS) is 18.8. The molecule has 4 rings (SSSR count). The molecular weight excluding hydrogens is 332 g/mol. The lowest BCUT2D eigenvalue weighted by atomic mass is 9.92. The Bertz CT molecular complexity index is 908. The lowest BCUT2D eigenvalue weighted by Gasteiger charge is -2.28. The summed E-state index contributed by atoms with van der Waals surface area (Å²) >= 11 is 0. The van der Waals surface area contributed by atoms with Crippen molar-refractivity contribution >= 4 is 17.8 Å². The van der Waals surface area contributed by atoms with Gasteiger partial charge in [0.1, 0.15) is 5.82 Å². The van der Waals surface area contributed by atoms with Gasteiger partial charge in [-0.2, -0.15) is 0 Å². The van der Waals surface area contributed by atoms with Crippen molar-refractivity contribution in [3.05, 3.63) is 70.6 Å². The fourth-order valence-corrected chi connectivity index (χ4v) is 3.24. The summed E-state index contributed by atoms with van der Waals surface area (Å²) in [5.74, 6) is 0.145. The SMILES string of the molecule is CC1=C(C(=O)Nc2ccccn2)C(c2ccc3c(c2)COC3)NC(=O)N1. The van der Waals surface area contributed by atoms with Gasteiger partial charge in [0.05, 0.1) is 24.8 Å². The first-order valence-corrected chi connectivity index (χ1v) is 8.32. The van der Waals surface area contributed by atoms with Gasteiger partial charge >= 0.3 is 6.03 Å². The van der Waals surface area contributed by atoms with E-state index in [1.54, 1.807) is 31.3 Å². The van der Waals surface area contributed by atoms with E-state index in [1.807, 2.05) is 18.2 Å². The molecule has 26 heavy (non-hydrogen) atoms. The number of aromatic nitrogens is 1. The molecule has 3 N–H and O–H groups in total. The molecule has 7 heteroatoms. The zero-order valence-electron chi connectivity index (χ0n) is 14.2. The van der Waals surface area contributed by atoms with Gasteiger partial charge in [0.15, 0.2) is 0 Å². The number of anilines is 1. The lowest BCUT2D eigenvalue weighted by molar-refractivity contribution is -0.113. The molecule has 7 nitrogen and oxygen atoms in total. The molecule has 1 aromatic heterocycles. The van der Waals surface area contributed by atoms with Crippen LogP contribution in [-0.2, 0) is 22.7 Å². The highest BCUT2D eigenvalue weighted by Crippen LogP contribution is 2.30. The van der Waals surface area contributed by atoms with E-state index in [0.717, 1.165) is 16.7 Å². The van der Waals surface area contributed by atoms with Gasteiger partial charge in [-0.05, 0) is 35.7 Å². The first-order valence-electron chi connectivity index (χ1n) is 8.32. The zero-order valence-corrected chi connectivity index (χ0v) is 14.2. The lowest BCUT2D eigenvalue weighted by Crippen LogP contribution is -2.46. The van der Waals surface area contributed by atoms with Crippen LogP contribution in [0, 0.1) is 0 Å². The quantitative estimate of drug-likeness (QED) is 0.792. The van der Waals surface area contributed by atoms with E-state index >= 15 is 0 Å². The molecule has 0 spiro atoms. The summed E-state index contributed by atoms with van der Waals surface area (Å²) in [7, 11) is 0. The molecule has 1 atom stereocenters. The average Bonchev–Trinajstić information content (AvgIpc) is 3.09. The standard InChI is InChI=1S/C19H18N4O3/c1-11-16(18(24)22-15-4-2-3-7-20-15)17(23-19(25)21-11)12-5-6-13-9-26-10-14(13)8-12/h2-8,17H,9-10H2,1H3,(H,20,22,24)(H2,21,23,25). The summed E-state index contributed by atoms with van der Waals surface area (Å²) < 4.78 is 5.45. The van der Waals surface area contributed by atoms with Crippen molar-refractivity contribution in [2.45, 2.75) is 26.2 Å². The Hall–Kier alpha value is -3.19. The number of ether oxygens (including phenoxy) is 1. The van der Waals surface area contributed by atoms with Crippen molar-refractivity contribution in [3.63, 3.8) is 0 Å².